The molecule has 0 aliphatic rings. The fourth-order valence-electron chi connectivity index (χ4n) is 2.40. The van der Waals surface area contributed by atoms with Crippen LogP contribution in [0.1, 0.15) is 27.2 Å². The second-order valence-corrected chi connectivity index (χ2v) is 5.45. The van der Waals surface area contributed by atoms with Crippen molar-refractivity contribution in [2.45, 2.75) is 20.3 Å². The third-order valence-electron chi connectivity index (χ3n) is 3.49. The van der Waals surface area contributed by atoms with Gasteiger partial charge in [-0.25, -0.2) is 4.79 Å². The summed E-state index contributed by atoms with van der Waals surface area (Å²) in [5, 5.41) is 9.21. The molecule has 118 valence electrons. The number of rotatable bonds is 5. The Morgan fingerprint density at radius 3 is 2.61 bits per heavy atom. The topological polar surface area (TPSA) is 82.9 Å². The fraction of sp³-hybridized carbons (Fsp3) is 0.278. The van der Waals surface area contributed by atoms with Gasteiger partial charge in [0, 0.05) is 5.69 Å². The number of hydrogen-bond acceptors (Lipinski definition) is 4. The molecule has 0 bridgehead atoms. The average molecular weight is 310 g/mol. The zero-order valence-electron chi connectivity index (χ0n) is 13.1. The Morgan fingerprint density at radius 2 is 2.00 bits per heavy atom. The first-order valence-electron chi connectivity index (χ1n) is 7.32. The first kappa shape index (κ1) is 16.5. The highest BCUT2D eigenvalue weighted by atomic mass is 16.5. The summed E-state index contributed by atoms with van der Waals surface area (Å²) < 4.78 is 5.17. The minimum absolute atomic E-state index is 0.00741. The largest absolute Gasteiger partial charge is 0.461 e. The lowest BCUT2D eigenvalue weighted by molar-refractivity contribution is 0.0465. The average Bonchev–Trinajstić information content (AvgIpc) is 2.51. The summed E-state index contributed by atoms with van der Waals surface area (Å²) in [6.45, 7) is 3.39. The number of carbonyl (C=O) groups excluding carboxylic acids is 1. The van der Waals surface area contributed by atoms with Crippen LogP contribution >= 0.6 is 0 Å². The summed E-state index contributed by atoms with van der Waals surface area (Å²) in [5.41, 5.74) is 1.77. The normalized spacial score (nSPS) is 11.5. The Kier molecular flexibility index (Phi) is 5.32. The Bertz CT molecular complexity index is 788. The van der Waals surface area contributed by atoms with Crippen molar-refractivity contribution in [3.63, 3.8) is 0 Å². The van der Waals surface area contributed by atoms with E-state index in [9.17, 15) is 14.9 Å². The molecule has 23 heavy (non-hydrogen) atoms. The van der Waals surface area contributed by atoms with Gasteiger partial charge in [0.1, 0.15) is 12.2 Å². The SMILES string of the molecule is Cc1cc(C)c(C(=O)OC[C@@H](C#N)Cc2ccccc2)c(=O)[nH]1. The molecule has 0 radical (unpaired) electrons. The molecule has 0 amide bonds. The number of hydrogen-bond donors (Lipinski definition) is 1. The number of aromatic nitrogens is 1. The number of nitrogens with one attached hydrogen (secondary N) is 1. The van der Waals surface area contributed by atoms with Gasteiger partial charge in [-0.2, -0.15) is 5.26 Å². The number of aryl methyl sites for hydroxylation is 2. The number of carbonyl (C=O) groups is 1. The summed E-state index contributed by atoms with van der Waals surface area (Å²) in [7, 11) is 0. The van der Waals surface area contributed by atoms with Crippen molar-refractivity contribution < 1.29 is 9.53 Å². The standard InChI is InChI=1S/C18H18N2O3/c1-12-8-13(2)20-17(21)16(12)18(22)23-11-15(10-19)9-14-6-4-3-5-7-14/h3-8,15H,9,11H2,1-2H3,(H,20,21)/t15-/m1/s1. The fourth-order valence-corrected chi connectivity index (χ4v) is 2.40. The molecule has 0 spiro atoms. The number of aromatic amines is 1. The molecule has 0 fully saturated rings. The predicted molar refractivity (Wildman–Crippen MR) is 86.1 cm³/mol. The van der Waals surface area contributed by atoms with Crippen molar-refractivity contribution in [3.05, 3.63) is 69.1 Å². The van der Waals surface area contributed by atoms with Crippen LogP contribution in [0.2, 0.25) is 0 Å². The maximum absolute atomic E-state index is 12.1. The van der Waals surface area contributed by atoms with Crippen molar-refractivity contribution >= 4 is 5.97 Å². The molecule has 0 saturated heterocycles. The quantitative estimate of drug-likeness (QED) is 0.860. The van der Waals surface area contributed by atoms with Crippen molar-refractivity contribution in [2.24, 2.45) is 5.92 Å². The third kappa shape index (κ3) is 4.30. The van der Waals surface area contributed by atoms with Gasteiger partial charge in [0.25, 0.3) is 5.56 Å². The van der Waals surface area contributed by atoms with Crippen LogP contribution < -0.4 is 5.56 Å². The summed E-state index contributed by atoms with van der Waals surface area (Å²) in [4.78, 5) is 26.6. The molecule has 1 N–H and O–H groups in total. The molecule has 0 unspecified atom stereocenters. The van der Waals surface area contributed by atoms with E-state index in [-0.39, 0.29) is 12.2 Å². The molecule has 1 aromatic carbocycles. The zero-order valence-corrected chi connectivity index (χ0v) is 13.1. The van der Waals surface area contributed by atoms with Crippen LogP contribution in [-0.2, 0) is 11.2 Å². The lowest BCUT2D eigenvalue weighted by Crippen LogP contribution is -2.24. The van der Waals surface area contributed by atoms with E-state index in [4.69, 9.17) is 4.74 Å². The van der Waals surface area contributed by atoms with Crippen molar-refractivity contribution in [2.75, 3.05) is 6.61 Å². The molecule has 0 aliphatic carbocycles. The van der Waals surface area contributed by atoms with Crippen LogP contribution in [0.4, 0.5) is 0 Å². The highest BCUT2D eigenvalue weighted by molar-refractivity contribution is 5.90. The van der Waals surface area contributed by atoms with E-state index < -0.39 is 17.4 Å². The molecule has 2 rings (SSSR count). The number of nitriles is 1. The second kappa shape index (κ2) is 7.41. The maximum atomic E-state index is 12.1. The number of esters is 1. The van der Waals surface area contributed by atoms with Crippen molar-refractivity contribution in [1.82, 2.24) is 4.98 Å². The van der Waals surface area contributed by atoms with E-state index in [0.717, 1.165) is 5.56 Å². The third-order valence-corrected chi connectivity index (χ3v) is 3.49. The number of H-pyrrole nitrogens is 1. The van der Waals surface area contributed by atoms with E-state index in [1.54, 1.807) is 19.9 Å². The molecule has 5 nitrogen and oxygen atoms in total. The van der Waals surface area contributed by atoms with Crippen molar-refractivity contribution in [3.8, 4) is 6.07 Å². The van der Waals surface area contributed by atoms with Crippen LogP contribution in [0.15, 0.2) is 41.2 Å². The summed E-state index contributed by atoms with van der Waals surface area (Å²) in [5.74, 6) is -1.15. The Labute approximate surface area is 134 Å². The van der Waals surface area contributed by atoms with Gasteiger partial charge in [0.15, 0.2) is 0 Å². The Morgan fingerprint density at radius 1 is 1.30 bits per heavy atom. The van der Waals surface area contributed by atoms with E-state index in [1.807, 2.05) is 30.3 Å². The molecule has 5 heteroatoms. The lowest BCUT2D eigenvalue weighted by Gasteiger charge is -2.11. The maximum Gasteiger partial charge on any atom is 0.344 e. The van der Waals surface area contributed by atoms with Crippen LogP contribution in [0.25, 0.3) is 0 Å². The van der Waals surface area contributed by atoms with Gasteiger partial charge in [0.05, 0.1) is 12.0 Å². The van der Waals surface area contributed by atoms with Gasteiger partial charge in [-0.15, -0.1) is 0 Å². The van der Waals surface area contributed by atoms with Gasteiger partial charge in [-0.3, -0.25) is 4.79 Å². The second-order valence-electron chi connectivity index (χ2n) is 5.45. The molecule has 1 heterocycles. The summed E-state index contributed by atoms with van der Waals surface area (Å²) >= 11 is 0. The lowest BCUT2D eigenvalue weighted by atomic mass is 10.0. The van der Waals surface area contributed by atoms with E-state index in [1.165, 1.54) is 0 Å². The number of benzene rings is 1. The van der Waals surface area contributed by atoms with Gasteiger partial charge in [-0.1, -0.05) is 30.3 Å². The molecule has 1 atom stereocenters. The molecule has 2 aromatic rings. The number of nitrogens with zero attached hydrogens (tertiary/aromatic N) is 1. The Hall–Kier alpha value is -2.87. The number of ether oxygens (including phenoxy) is 1. The minimum Gasteiger partial charge on any atom is -0.461 e. The first-order valence-corrected chi connectivity index (χ1v) is 7.32. The highest BCUT2D eigenvalue weighted by Crippen LogP contribution is 2.11. The van der Waals surface area contributed by atoms with Gasteiger partial charge < -0.3 is 9.72 Å². The molecule has 0 aliphatic heterocycles. The van der Waals surface area contributed by atoms with Gasteiger partial charge in [-0.05, 0) is 37.5 Å². The van der Waals surface area contributed by atoms with Crippen molar-refractivity contribution in [1.29, 1.82) is 5.26 Å². The first-order chi connectivity index (χ1) is 11.0. The number of pyridine rings is 1. The highest BCUT2D eigenvalue weighted by Gasteiger charge is 2.18. The van der Waals surface area contributed by atoms with Crippen LogP contribution in [0.3, 0.4) is 0 Å². The Balaban J connectivity index is 2.03. The molecular formula is C18H18N2O3. The van der Waals surface area contributed by atoms with E-state index in [0.29, 0.717) is 17.7 Å². The predicted octanol–water partition coefficient (Wildman–Crippen LogP) is 2.53. The van der Waals surface area contributed by atoms with Crippen LogP contribution in [0.5, 0.6) is 0 Å². The minimum atomic E-state index is -0.697. The van der Waals surface area contributed by atoms with Gasteiger partial charge >= 0.3 is 5.97 Å². The summed E-state index contributed by atoms with van der Waals surface area (Å²) in [6.07, 6.45) is 0.494. The summed E-state index contributed by atoms with van der Waals surface area (Å²) in [6, 6.07) is 13.4. The molecule has 1 aromatic heterocycles. The van der Waals surface area contributed by atoms with Crippen LogP contribution in [-0.4, -0.2) is 17.6 Å². The van der Waals surface area contributed by atoms with Gasteiger partial charge in [0.2, 0.25) is 0 Å². The van der Waals surface area contributed by atoms with E-state index in [2.05, 4.69) is 11.1 Å². The van der Waals surface area contributed by atoms with E-state index >= 15 is 0 Å². The van der Waals surface area contributed by atoms with Crippen LogP contribution in [0, 0.1) is 31.1 Å². The smallest absolute Gasteiger partial charge is 0.344 e. The molecule has 0 saturated carbocycles. The monoisotopic (exact) mass is 310 g/mol. The zero-order chi connectivity index (χ0) is 16.8. The molecular weight excluding hydrogens is 292 g/mol.